The van der Waals surface area contributed by atoms with Gasteiger partial charge in [0.1, 0.15) is 12.3 Å². The zero-order valence-electron chi connectivity index (χ0n) is 14.8. The van der Waals surface area contributed by atoms with Crippen molar-refractivity contribution in [2.45, 2.75) is 33.3 Å². The lowest BCUT2D eigenvalue weighted by Gasteiger charge is -2.14. The van der Waals surface area contributed by atoms with Crippen LogP contribution < -0.4 is 4.74 Å². The van der Waals surface area contributed by atoms with E-state index in [1.807, 2.05) is 32.0 Å². The Labute approximate surface area is 165 Å². The third-order valence-corrected chi connectivity index (χ3v) is 5.15. The number of amides is 2. The molecule has 2 amide bonds. The highest BCUT2D eigenvalue weighted by Crippen LogP contribution is 2.34. The van der Waals surface area contributed by atoms with Gasteiger partial charge in [0, 0.05) is 0 Å². The van der Waals surface area contributed by atoms with Crippen molar-refractivity contribution in [3.63, 3.8) is 0 Å². The smallest absolute Gasteiger partial charge is 0.326 e. The van der Waals surface area contributed by atoms with Crippen molar-refractivity contribution in [3.05, 3.63) is 33.1 Å². The normalized spacial score (nSPS) is 16.9. The van der Waals surface area contributed by atoms with Crippen LogP contribution in [-0.4, -0.2) is 41.3 Å². The fourth-order valence-electron chi connectivity index (χ4n) is 2.13. The maximum atomic E-state index is 12.4. The van der Waals surface area contributed by atoms with Gasteiger partial charge in [-0.3, -0.25) is 19.3 Å². The van der Waals surface area contributed by atoms with Crippen LogP contribution >= 0.6 is 27.7 Å². The fraction of sp³-hybridized carbons (Fsp3) is 0.389. The van der Waals surface area contributed by atoms with Gasteiger partial charge in [-0.1, -0.05) is 13.0 Å². The molecule has 1 heterocycles. The Bertz CT molecular complexity index is 749. The monoisotopic (exact) mass is 441 g/mol. The highest BCUT2D eigenvalue weighted by atomic mass is 79.9. The number of esters is 1. The lowest BCUT2D eigenvalue weighted by Crippen LogP contribution is -2.34. The first kappa shape index (κ1) is 20.5. The topological polar surface area (TPSA) is 72.9 Å². The van der Waals surface area contributed by atoms with Gasteiger partial charge in [-0.25, -0.2) is 0 Å². The van der Waals surface area contributed by atoms with Crippen LogP contribution in [-0.2, 0) is 14.3 Å². The molecule has 0 aromatic heterocycles. The predicted octanol–water partition coefficient (Wildman–Crippen LogP) is 4.23. The lowest BCUT2D eigenvalue weighted by atomic mass is 10.2. The summed E-state index contributed by atoms with van der Waals surface area (Å²) in [5.41, 5.74) is 0.745. The van der Waals surface area contributed by atoms with Crippen LogP contribution in [0.25, 0.3) is 6.08 Å². The first-order valence-electron chi connectivity index (χ1n) is 8.22. The third-order valence-electron chi connectivity index (χ3n) is 3.62. The molecule has 6 nitrogen and oxygen atoms in total. The molecule has 26 heavy (non-hydrogen) atoms. The number of ether oxygens (including phenoxy) is 2. The first-order chi connectivity index (χ1) is 12.3. The van der Waals surface area contributed by atoms with Crippen LogP contribution in [0.5, 0.6) is 5.75 Å². The maximum Gasteiger partial charge on any atom is 0.326 e. The van der Waals surface area contributed by atoms with E-state index in [0.29, 0.717) is 5.75 Å². The van der Waals surface area contributed by atoms with Crippen LogP contribution in [0.15, 0.2) is 27.6 Å². The summed E-state index contributed by atoms with van der Waals surface area (Å²) < 4.78 is 11.3. The molecule has 0 bridgehead atoms. The van der Waals surface area contributed by atoms with Gasteiger partial charge in [-0.2, -0.15) is 0 Å². The van der Waals surface area contributed by atoms with E-state index in [2.05, 4.69) is 15.9 Å². The molecule has 0 N–H and O–H groups in total. The molecule has 0 aliphatic carbocycles. The average Bonchev–Trinajstić information content (AvgIpc) is 2.85. The molecule has 2 rings (SSSR count). The minimum atomic E-state index is -0.606. The fourth-order valence-corrected chi connectivity index (χ4v) is 3.45. The van der Waals surface area contributed by atoms with E-state index in [1.165, 1.54) is 0 Å². The number of carbonyl (C=O) groups is 3. The number of carbonyl (C=O) groups excluding carboxylic acids is 3. The van der Waals surface area contributed by atoms with Crippen molar-refractivity contribution in [2.24, 2.45) is 0 Å². The Morgan fingerprint density at radius 3 is 2.69 bits per heavy atom. The van der Waals surface area contributed by atoms with E-state index in [0.717, 1.165) is 33.1 Å². The molecule has 1 aromatic carbocycles. The number of rotatable bonds is 7. The summed E-state index contributed by atoms with van der Waals surface area (Å²) >= 11 is 4.26. The predicted molar refractivity (Wildman–Crippen MR) is 104 cm³/mol. The van der Waals surface area contributed by atoms with E-state index in [9.17, 15) is 14.4 Å². The third kappa shape index (κ3) is 5.11. The van der Waals surface area contributed by atoms with Crippen LogP contribution in [0.3, 0.4) is 0 Å². The van der Waals surface area contributed by atoms with E-state index in [1.54, 1.807) is 13.0 Å². The molecular weight excluding hydrogens is 422 g/mol. The summed E-state index contributed by atoms with van der Waals surface area (Å²) in [5, 5.41) is -0.481. The van der Waals surface area contributed by atoms with Crippen LogP contribution in [0.1, 0.15) is 32.8 Å². The zero-order chi connectivity index (χ0) is 19.3. The molecule has 1 aliphatic rings. The van der Waals surface area contributed by atoms with Gasteiger partial charge in [-0.05, 0) is 71.7 Å². The second kappa shape index (κ2) is 9.23. The molecule has 1 atom stereocenters. The van der Waals surface area contributed by atoms with Gasteiger partial charge >= 0.3 is 5.97 Å². The van der Waals surface area contributed by atoms with E-state index >= 15 is 0 Å². The SMILES string of the molecule is CCOC(=O)CN1C(=O)S/C(=C/c2ccc(O[C@H](C)CC)c(Br)c2)C1=O. The van der Waals surface area contributed by atoms with Crippen LogP contribution in [0.4, 0.5) is 4.79 Å². The van der Waals surface area contributed by atoms with Gasteiger partial charge in [0.05, 0.1) is 22.1 Å². The van der Waals surface area contributed by atoms with Crippen molar-refractivity contribution in [1.29, 1.82) is 0 Å². The minimum Gasteiger partial charge on any atom is -0.490 e. The Balaban J connectivity index is 2.14. The highest BCUT2D eigenvalue weighted by molar-refractivity contribution is 9.10. The largest absolute Gasteiger partial charge is 0.490 e. The average molecular weight is 442 g/mol. The Morgan fingerprint density at radius 2 is 2.08 bits per heavy atom. The van der Waals surface area contributed by atoms with Crippen LogP contribution in [0, 0.1) is 0 Å². The lowest BCUT2D eigenvalue weighted by molar-refractivity contribution is -0.145. The molecular formula is C18H20BrNO5S. The second-order valence-electron chi connectivity index (χ2n) is 5.60. The number of benzene rings is 1. The number of thioether (sulfide) groups is 1. The molecule has 1 aromatic rings. The van der Waals surface area contributed by atoms with E-state index < -0.39 is 17.1 Å². The van der Waals surface area contributed by atoms with Crippen molar-refractivity contribution in [2.75, 3.05) is 13.2 Å². The van der Waals surface area contributed by atoms with Crippen molar-refractivity contribution in [3.8, 4) is 5.75 Å². The number of imide groups is 1. The summed E-state index contributed by atoms with van der Waals surface area (Å²) in [6.45, 7) is 5.52. The summed E-state index contributed by atoms with van der Waals surface area (Å²) in [6, 6.07) is 5.43. The van der Waals surface area contributed by atoms with Crippen molar-refractivity contribution < 1.29 is 23.9 Å². The number of hydrogen-bond donors (Lipinski definition) is 0. The van der Waals surface area contributed by atoms with Gasteiger partial charge in [0.2, 0.25) is 0 Å². The summed E-state index contributed by atoms with van der Waals surface area (Å²) in [5.74, 6) is -0.388. The molecule has 0 saturated carbocycles. The second-order valence-corrected chi connectivity index (χ2v) is 7.45. The molecule has 1 saturated heterocycles. The summed E-state index contributed by atoms with van der Waals surface area (Å²) in [6.07, 6.45) is 2.60. The van der Waals surface area contributed by atoms with Gasteiger partial charge in [0.25, 0.3) is 11.1 Å². The quantitative estimate of drug-likeness (QED) is 0.465. The number of halogens is 1. The molecule has 0 spiro atoms. The molecule has 8 heteroatoms. The summed E-state index contributed by atoms with van der Waals surface area (Å²) in [4.78, 5) is 37.0. The van der Waals surface area contributed by atoms with Crippen LogP contribution in [0.2, 0.25) is 0 Å². The Morgan fingerprint density at radius 1 is 1.35 bits per heavy atom. The zero-order valence-corrected chi connectivity index (χ0v) is 17.2. The van der Waals surface area contributed by atoms with E-state index in [4.69, 9.17) is 9.47 Å². The Kier molecular flexibility index (Phi) is 7.28. The molecule has 1 aliphatic heterocycles. The molecule has 1 fully saturated rings. The Hall–Kier alpha value is -1.80. The van der Waals surface area contributed by atoms with Crippen molar-refractivity contribution in [1.82, 2.24) is 4.90 Å². The standard InChI is InChI=1S/C18H20BrNO5S/c1-4-11(3)25-14-7-6-12(8-13(14)19)9-15-17(22)20(18(23)26-15)10-16(21)24-5-2/h6-9,11H,4-5,10H2,1-3H3/b15-9+/t11-/m1/s1. The van der Waals surface area contributed by atoms with Crippen molar-refractivity contribution >= 4 is 50.9 Å². The highest BCUT2D eigenvalue weighted by Gasteiger charge is 2.36. The summed E-state index contributed by atoms with van der Waals surface area (Å²) in [7, 11) is 0. The van der Waals surface area contributed by atoms with Gasteiger partial charge in [-0.15, -0.1) is 0 Å². The number of hydrogen-bond acceptors (Lipinski definition) is 6. The molecule has 0 radical (unpaired) electrons. The molecule has 0 unspecified atom stereocenters. The minimum absolute atomic E-state index is 0.0940. The van der Waals surface area contributed by atoms with E-state index in [-0.39, 0.29) is 24.2 Å². The first-order valence-corrected chi connectivity index (χ1v) is 9.83. The molecule has 140 valence electrons. The number of nitrogens with zero attached hydrogens (tertiary/aromatic N) is 1. The maximum absolute atomic E-state index is 12.4. The van der Waals surface area contributed by atoms with Gasteiger partial charge < -0.3 is 9.47 Å². The van der Waals surface area contributed by atoms with Gasteiger partial charge in [0.15, 0.2) is 0 Å².